The lowest BCUT2D eigenvalue weighted by molar-refractivity contribution is 0.0991. The van der Waals surface area contributed by atoms with Gasteiger partial charge in [-0.15, -0.1) is 5.10 Å². The monoisotopic (exact) mass is 458 g/mol. The minimum Gasteiger partial charge on any atom is -0.452 e. The zero-order valence-corrected chi connectivity index (χ0v) is 17.7. The average molecular weight is 458 g/mol. The topological polar surface area (TPSA) is 127 Å². The van der Waals surface area contributed by atoms with Crippen molar-refractivity contribution in [2.24, 2.45) is 0 Å². The molecule has 1 aliphatic carbocycles. The molecule has 0 bridgehead atoms. The predicted molar refractivity (Wildman–Crippen MR) is 118 cm³/mol. The van der Waals surface area contributed by atoms with Crippen molar-refractivity contribution in [2.45, 2.75) is 6.42 Å². The molecule has 5 aromatic rings. The van der Waals surface area contributed by atoms with E-state index in [-0.39, 0.29) is 5.78 Å². The summed E-state index contributed by atoms with van der Waals surface area (Å²) in [6.45, 7) is 0. The highest BCUT2D eigenvalue weighted by molar-refractivity contribution is 6.06. The van der Waals surface area contributed by atoms with Crippen LogP contribution in [0.3, 0.4) is 0 Å². The van der Waals surface area contributed by atoms with Crippen LogP contribution in [-0.2, 0) is 0 Å². The number of nitrogens with zero attached hydrogens (tertiary/aromatic N) is 4. The van der Waals surface area contributed by atoms with Gasteiger partial charge in [-0.25, -0.2) is 4.98 Å². The highest BCUT2D eigenvalue weighted by atomic mass is 16.6. The second-order valence-corrected chi connectivity index (χ2v) is 6.49. The minimum absolute atomic E-state index is 0.0670. The maximum Gasteiger partial charge on any atom is 0.181 e. The third-order valence-electron chi connectivity index (χ3n) is 4.29. The number of hydrogen-bond acceptors (Lipinski definition) is 10. The number of ether oxygens (including phenoxy) is 2. The van der Waals surface area contributed by atoms with Crippen molar-refractivity contribution in [3.05, 3.63) is 103 Å². The molecule has 2 aromatic carbocycles. The highest BCUT2D eigenvalue weighted by Crippen LogP contribution is 2.48. The number of hydrogen-bond donors (Lipinski definition) is 0. The molecule has 4 heterocycles. The molecule has 0 saturated heterocycles. The first-order chi connectivity index (χ1) is 16.8. The normalized spacial score (nSPS) is 11.8. The first kappa shape index (κ1) is 22.2. The van der Waals surface area contributed by atoms with Gasteiger partial charge in [0.25, 0.3) is 0 Å². The van der Waals surface area contributed by atoms with Crippen molar-refractivity contribution in [1.82, 2.24) is 20.5 Å². The Labute approximate surface area is 193 Å². The molecular weight excluding hydrogens is 440 g/mol. The second-order valence-electron chi connectivity index (χ2n) is 6.49. The molecule has 10 nitrogen and oxygen atoms in total. The Balaban J connectivity index is 0.000000147. The minimum atomic E-state index is 0.0670. The van der Waals surface area contributed by atoms with E-state index in [9.17, 15) is 4.79 Å². The number of Topliss-reactive ketones (excluding diaryl/α,β-unsaturated/α-hetero) is 1. The van der Waals surface area contributed by atoms with E-state index in [4.69, 9.17) is 9.47 Å². The molecule has 0 radical (unpaired) electrons. The number of oxazole rings is 1. The van der Waals surface area contributed by atoms with Gasteiger partial charge in [-0.1, -0.05) is 35.5 Å². The Hall–Kier alpha value is -4.99. The first-order valence-electron chi connectivity index (χ1n) is 10.0. The van der Waals surface area contributed by atoms with Gasteiger partial charge < -0.3 is 22.9 Å². The van der Waals surface area contributed by atoms with Crippen LogP contribution < -0.4 is 9.47 Å². The van der Waals surface area contributed by atoms with E-state index in [0.29, 0.717) is 35.0 Å². The lowest BCUT2D eigenvalue weighted by atomic mass is 9.94. The molecule has 0 spiro atoms. The van der Waals surface area contributed by atoms with Crippen LogP contribution in [-0.4, -0.2) is 26.3 Å². The number of carbonyl (C=O) groups is 1. The van der Waals surface area contributed by atoms with Gasteiger partial charge in [0.05, 0.1) is 24.2 Å². The predicted octanol–water partition coefficient (Wildman–Crippen LogP) is 5.60. The summed E-state index contributed by atoms with van der Waals surface area (Å²) in [7, 11) is 0. The number of aromatic nitrogens is 4. The summed E-state index contributed by atoms with van der Waals surface area (Å²) >= 11 is 0. The summed E-state index contributed by atoms with van der Waals surface area (Å²) in [6, 6.07) is 12.9. The van der Waals surface area contributed by atoms with Gasteiger partial charge in [0.15, 0.2) is 35.2 Å². The number of allylic oxidation sites excluding steroid dienone is 1. The lowest BCUT2D eigenvalue weighted by Gasteiger charge is -2.24. The van der Waals surface area contributed by atoms with Crippen molar-refractivity contribution < 1.29 is 27.7 Å². The first-order valence-corrected chi connectivity index (χ1v) is 10.0. The SMILES string of the molecule is O=C1CC=Cc2ccc3c(c21)Oc1ccccc1O3.c1cnoc1.c1cocn1.c1conn1. The summed E-state index contributed by atoms with van der Waals surface area (Å²) < 4.78 is 24.7. The smallest absolute Gasteiger partial charge is 0.181 e. The molecular formula is C24H18N4O6. The Bertz CT molecular complexity index is 1190. The molecule has 2 aliphatic rings. The molecule has 0 fully saturated rings. The van der Waals surface area contributed by atoms with Crippen LogP contribution in [0.2, 0.25) is 0 Å². The third kappa shape index (κ3) is 5.82. The van der Waals surface area contributed by atoms with Crippen LogP contribution in [0.15, 0.2) is 106 Å². The van der Waals surface area contributed by atoms with Crippen LogP contribution in [0.4, 0.5) is 0 Å². The standard InChI is InChI=1S/C16H10O3.2C3H3NO.C2H2N2O/c17-11-5-3-4-10-8-9-14-16(15(10)11)19-13-7-2-1-6-12(13)18-14;1-2-5-3-4-1;1-2-4-5-3-1;1-2-5-4-3-1/h1-4,6-9H,5H2;2*1-3H;1-2H. The van der Waals surface area contributed by atoms with Gasteiger partial charge in [-0.2, -0.15) is 0 Å². The Morgan fingerprint density at radius 2 is 1.68 bits per heavy atom. The van der Waals surface area contributed by atoms with Crippen LogP contribution in [0.25, 0.3) is 6.08 Å². The summed E-state index contributed by atoms with van der Waals surface area (Å²) in [6.07, 6.45) is 14.7. The van der Waals surface area contributed by atoms with E-state index in [1.54, 1.807) is 18.5 Å². The fourth-order valence-electron chi connectivity index (χ4n) is 2.92. The molecule has 1 aliphatic heterocycles. The largest absolute Gasteiger partial charge is 0.452 e. The van der Waals surface area contributed by atoms with Crippen LogP contribution in [0, 0.1) is 0 Å². The van der Waals surface area contributed by atoms with Crippen LogP contribution >= 0.6 is 0 Å². The zero-order chi connectivity index (χ0) is 23.4. The zero-order valence-electron chi connectivity index (χ0n) is 17.7. The Kier molecular flexibility index (Phi) is 7.56. The van der Waals surface area contributed by atoms with Crippen molar-refractivity contribution in [3.8, 4) is 23.0 Å². The van der Waals surface area contributed by atoms with Gasteiger partial charge in [-0.05, 0) is 29.8 Å². The van der Waals surface area contributed by atoms with E-state index in [1.165, 1.54) is 31.4 Å². The number of rotatable bonds is 0. The summed E-state index contributed by atoms with van der Waals surface area (Å²) in [5.74, 6) is 2.52. The molecule has 3 aromatic heterocycles. The van der Waals surface area contributed by atoms with Gasteiger partial charge in [-0.3, -0.25) is 4.79 Å². The Morgan fingerprint density at radius 3 is 2.24 bits per heavy atom. The fraction of sp³-hybridized carbons (Fsp3) is 0.0417. The van der Waals surface area contributed by atoms with E-state index in [0.717, 1.165) is 5.56 Å². The van der Waals surface area contributed by atoms with Crippen LogP contribution in [0.1, 0.15) is 22.3 Å². The van der Waals surface area contributed by atoms with Gasteiger partial charge in [0.2, 0.25) is 0 Å². The Morgan fingerprint density at radius 1 is 0.794 bits per heavy atom. The number of fused-ring (bicyclic) bond motifs is 4. The van der Waals surface area contributed by atoms with Crippen molar-refractivity contribution in [2.75, 3.05) is 0 Å². The number of para-hydroxylation sites is 2. The summed E-state index contributed by atoms with van der Waals surface area (Å²) in [5.41, 5.74) is 1.51. The average Bonchev–Trinajstić information content (AvgIpc) is 3.70. The molecule has 170 valence electrons. The maximum absolute atomic E-state index is 12.1. The van der Waals surface area contributed by atoms with E-state index in [1.807, 2.05) is 48.6 Å². The van der Waals surface area contributed by atoms with Crippen LogP contribution in [0.5, 0.6) is 23.0 Å². The second kappa shape index (κ2) is 11.6. The summed E-state index contributed by atoms with van der Waals surface area (Å²) in [4.78, 5) is 15.6. The number of benzene rings is 2. The molecule has 0 N–H and O–H groups in total. The molecule has 0 saturated carbocycles. The van der Waals surface area contributed by atoms with Gasteiger partial charge in [0, 0.05) is 11.7 Å². The number of carbonyl (C=O) groups excluding carboxylic acids is 1. The van der Waals surface area contributed by atoms with Crippen molar-refractivity contribution in [3.63, 3.8) is 0 Å². The van der Waals surface area contributed by atoms with E-state index < -0.39 is 0 Å². The number of ketones is 1. The third-order valence-corrected chi connectivity index (χ3v) is 4.29. The van der Waals surface area contributed by atoms with Crippen molar-refractivity contribution >= 4 is 11.9 Å². The van der Waals surface area contributed by atoms with Gasteiger partial charge in [0.1, 0.15) is 18.8 Å². The van der Waals surface area contributed by atoms with E-state index in [2.05, 4.69) is 34.0 Å². The highest BCUT2D eigenvalue weighted by Gasteiger charge is 2.27. The molecule has 0 atom stereocenters. The van der Waals surface area contributed by atoms with Crippen molar-refractivity contribution in [1.29, 1.82) is 0 Å². The fourth-order valence-corrected chi connectivity index (χ4v) is 2.92. The molecule has 10 heteroatoms. The lowest BCUT2D eigenvalue weighted by Crippen LogP contribution is -2.10. The molecule has 34 heavy (non-hydrogen) atoms. The van der Waals surface area contributed by atoms with E-state index >= 15 is 0 Å². The molecule has 7 rings (SSSR count). The molecule has 0 amide bonds. The maximum atomic E-state index is 12.1. The van der Waals surface area contributed by atoms with Gasteiger partial charge >= 0.3 is 0 Å². The molecule has 0 unspecified atom stereocenters. The summed E-state index contributed by atoms with van der Waals surface area (Å²) in [5, 5.41) is 9.75. The quantitative estimate of drug-likeness (QED) is 0.284.